The van der Waals surface area contributed by atoms with E-state index in [1.165, 1.54) is 18.9 Å². The minimum absolute atomic E-state index is 0.0777. The zero-order valence-electron chi connectivity index (χ0n) is 9.57. The maximum Gasteiger partial charge on any atom is 0.336 e. The third-order valence-electron chi connectivity index (χ3n) is 2.70. The standard InChI is InChI=1S/C12H11Cl2NO2S/c1-17-12(16)7-5-10(18-11(7)15)6-2-3-8(13)9(14)4-6/h2-4,10H,5,15H2,1H3/t10-/m1/s1. The normalized spacial score (nSPS) is 19.2. The van der Waals surface area contributed by atoms with Crippen molar-refractivity contribution < 1.29 is 9.53 Å². The number of ether oxygens (including phenoxy) is 1. The third-order valence-corrected chi connectivity index (χ3v) is 4.67. The fourth-order valence-electron chi connectivity index (χ4n) is 1.76. The Labute approximate surface area is 119 Å². The third kappa shape index (κ3) is 2.60. The van der Waals surface area contributed by atoms with Crippen molar-refractivity contribution in [2.24, 2.45) is 5.73 Å². The molecule has 2 rings (SSSR count). The van der Waals surface area contributed by atoms with Gasteiger partial charge in [-0.25, -0.2) is 4.79 Å². The Kier molecular flexibility index (Phi) is 4.10. The van der Waals surface area contributed by atoms with E-state index in [-0.39, 0.29) is 11.2 Å². The lowest BCUT2D eigenvalue weighted by molar-refractivity contribution is -0.136. The van der Waals surface area contributed by atoms with E-state index >= 15 is 0 Å². The molecule has 1 aliphatic heterocycles. The Bertz CT molecular complexity index is 531. The molecule has 0 saturated carbocycles. The van der Waals surface area contributed by atoms with E-state index in [4.69, 9.17) is 33.7 Å². The predicted octanol–water partition coefficient (Wildman–Crippen LogP) is 3.51. The summed E-state index contributed by atoms with van der Waals surface area (Å²) in [5.41, 5.74) is 7.36. The average Bonchev–Trinajstić information content (AvgIpc) is 2.74. The highest BCUT2D eigenvalue weighted by Gasteiger charge is 2.29. The molecule has 18 heavy (non-hydrogen) atoms. The van der Waals surface area contributed by atoms with Crippen molar-refractivity contribution in [3.8, 4) is 0 Å². The molecule has 2 N–H and O–H groups in total. The molecule has 0 unspecified atom stereocenters. The van der Waals surface area contributed by atoms with Gasteiger partial charge < -0.3 is 10.5 Å². The molecular weight excluding hydrogens is 293 g/mol. The molecule has 0 saturated heterocycles. The van der Waals surface area contributed by atoms with E-state index in [0.717, 1.165) is 5.56 Å². The summed E-state index contributed by atoms with van der Waals surface area (Å²) in [5, 5.41) is 1.60. The van der Waals surface area contributed by atoms with Gasteiger partial charge in [0.15, 0.2) is 0 Å². The summed E-state index contributed by atoms with van der Waals surface area (Å²) in [6.07, 6.45) is 0.543. The number of halogens is 2. The van der Waals surface area contributed by atoms with Crippen LogP contribution in [0.15, 0.2) is 28.8 Å². The Hall–Kier alpha value is -0.840. The van der Waals surface area contributed by atoms with Crippen LogP contribution < -0.4 is 5.73 Å². The van der Waals surface area contributed by atoms with Gasteiger partial charge in [0.25, 0.3) is 0 Å². The molecule has 0 spiro atoms. The second-order valence-corrected chi connectivity index (χ2v) is 5.88. The molecule has 1 aliphatic rings. The molecule has 0 bridgehead atoms. The zero-order valence-corrected chi connectivity index (χ0v) is 11.9. The monoisotopic (exact) mass is 303 g/mol. The van der Waals surface area contributed by atoms with Gasteiger partial charge in [0.05, 0.1) is 27.8 Å². The first-order chi connectivity index (χ1) is 8.52. The van der Waals surface area contributed by atoms with E-state index < -0.39 is 0 Å². The van der Waals surface area contributed by atoms with Gasteiger partial charge in [-0.3, -0.25) is 0 Å². The van der Waals surface area contributed by atoms with E-state index in [1.807, 2.05) is 6.07 Å². The minimum atomic E-state index is -0.373. The van der Waals surface area contributed by atoms with Gasteiger partial charge in [-0.05, 0) is 24.1 Å². The lowest BCUT2D eigenvalue weighted by Crippen LogP contribution is -2.07. The van der Waals surface area contributed by atoms with Crippen LogP contribution in [0.5, 0.6) is 0 Å². The highest BCUT2D eigenvalue weighted by molar-refractivity contribution is 8.03. The summed E-state index contributed by atoms with van der Waals surface area (Å²) >= 11 is 13.3. The Balaban J connectivity index is 2.20. The molecule has 0 aromatic heterocycles. The van der Waals surface area contributed by atoms with E-state index in [2.05, 4.69) is 0 Å². The topological polar surface area (TPSA) is 52.3 Å². The predicted molar refractivity (Wildman–Crippen MR) is 74.6 cm³/mol. The quantitative estimate of drug-likeness (QED) is 0.849. The summed E-state index contributed by atoms with van der Waals surface area (Å²) < 4.78 is 4.69. The van der Waals surface area contributed by atoms with Crippen LogP contribution in [0, 0.1) is 0 Å². The second-order valence-electron chi connectivity index (χ2n) is 3.82. The van der Waals surface area contributed by atoms with E-state index in [1.54, 1.807) is 12.1 Å². The number of esters is 1. The lowest BCUT2D eigenvalue weighted by Gasteiger charge is -2.10. The molecule has 0 amide bonds. The van der Waals surface area contributed by atoms with Crippen molar-refractivity contribution in [2.45, 2.75) is 11.7 Å². The SMILES string of the molecule is COC(=O)C1=C(N)S[C@@H](c2ccc(Cl)c(Cl)c2)C1. The zero-order chi connectivity index (χ0) is 13.3. The van der Waals surface area contributed by atoms with Gasteiger partial charge in [0.1, 0.15) is 0 Å². The van der Waals surface area contributed by atoms with Crippen LogP contribution in [0.4, 0.5) is 0 Å². The summed E-state index contributed by atoms with van der Waals surface area (Å²) in [7, 11) is 1.35. The highest BCUT2D eigenvalue weighted by atomic mass is 35.5. The first-order valence-corrected chi connectivity index (χ1v) is 6.85. The molecule has 96 valence electrons. The highest BCUT2D eigenvalue weighted by Crippen LogP contribution is 2.46. The molecular formula is C12H11Cl2NO2S. The van der Waals surface area contributed by atoms with Crippen LogP contribution in [0.3, 0.4) is 0 Å². The number of hydrogen-bond acceptors (Lipinski definition) is 4. The number of nitrogens with two attached hydrogens (primary N) is 1. The average molecular weight is 304 g/mol. The second kappa shape index (κ2) is 5.43. The Morgan fingerprint density at radius 1 is 1.44 bits per heavy atom. The van der Waals surface area contributed by atoms with Crippen molar-refractivity contribution in [3.63, 3.8) is 0 Å². The van der Waals surface area contributed by atoms with Gasteiger partial charge in [-0.2, -0.15) is 0 Å². The number of thioether (sulfide) groups is 1. The summed E-state index contributed by atoms with van der Waals surface area (Å²) in [5.74, 6) is -0.373. The number of methoxy groups -OCH3 is 1. The summed E-state index contributed by atoms with van der Waals surface area (Å²) in [6.45, 7) is 0. The van der Waals surface area contributed by atoms with Crippen molar-refractivity contribution in [3.05, 3.63) is 44.4 Å². The molecule has 0 radical (unpaired) electrons. The smallest absolute Gasteiger partial charge is 0.336 e. The van der Waals surface area contributed by atoms with Crippen LogP contribution in [-0.2, 0) is 9.53 Å². The van der Waals surface area contributed by atoms with Crippen molar-refractivity contribution in [1.29, 1.82) is 0 Å². The first kappa shape index (κ1) is 13.6. The van der Waals surface area contributed by atoms with Crippen molar-refractivity contribution in [2.75, 3.05) is 7.11 Å². The summed E-state index contributed by atoms with van der Waals surface area (Å²) in [6, 6.07) is 5.43. The molecule has 6 heteroatoms. The van der Waals surface area contributed by atoms with Gasteiger partial charge in [-0.15, -0.1) is 0 Å². The van der Waals surface area contributed by atoms with Gasteiger partial charge >= 0.3 is 5.97 Å². The Morgan fingerprint density at radius 3 is 2.78 bits per heavy atom. The van der Waals surface area contributed by atoms with Crippen LogP contribution in [0.1, 0.15) is 17.2 Å². The van der Waals surface area contributed by atoms with Gasteiger partial charge in [0, 0.05) is 5.25 Å². The Morgan fingerprint density at radius 2 is 2.17 bits per heavy atom. The van der Waals surface area contributed by atoms with Crippen LogP contribution in [0.2, 0.25) is 10.0 Å². The maximum absolute atomic E-state index is 11.5. The van der Waals surface area contributed by atoms with E-state index in [9.17, 15) is 4.79 Å². The molecule has 1 atom stereocenters. The number of rotatable bonds is 2. The molecule has 1 heterocycles. The molecule has 0 aliphatic carbocycles. The van der Waals surface area contributed by atoms with Crippen molar-refractivity contribution in [1.82, 2.24) is 0 Å². The number of hydrogen-bond donors (Lipinski definition) is 1. The molecule has 1 aromatic carbocycles. The molecule has 3 nitrogen and oxygen atoms in total. The first-order valence-electron chi connectivity index (χ1n) is 5.21. The van der Waals surface area contributed by atoms with Gasteiger partial charge in [0.2, 0.25) is 0 Å². The molecule has 1 aromatic rings. The van der Waals surface area contributed by atoms with E-state index in [0.29, 0.717) is 27.1 Å². The van der Waals surface area contributed by atoms with Crippen molar-refractivity contribution >= 4 is 40.9 Å². The van der Waals surface area contributed by atoms with Crippen LogP contribution >= 0.6 is 35.0 Å². The van der Waals surface area contributed by atoms with Gasteiger partial charge in [-0.1, -0.05) is 41.0 Å². The number of benzene rings is 1. The lowest BCUT2D eigenvalue weighted by atomic mass is 10.1. The largest absolute Gasteiger partial charge is 0.466 e. The maximum atomic E-state index is 11.5. The summed E-state index contributed by atoms with van der Waals surface area (Å²) in [4.78, 5) is 11.5. The number of carbonyl (C=O) groups is 1. The fraction of sp³-hybridized carbons (Fsp3) is 0.250. The minimum Gasteiger partial charge on any atom is -0.466 e. The number of carbonyl (C=O) groups excluding carboxylic acids is 1. The van der Waals surface area contributed by atoms with Crippen LogP contribution in [-0.4, -0.2) is 13.1 Å². The fourth-order valence-corrected chi connectivity index (χ4v) is 3.21. The van der Waals surface area contributed by atoms with Crippen LogP contribution in [0.25, 0.3) is 0 Å². The molecule has 0 fully saturated rings.